The van der Waals surface area contributed by atoms with Gasteiger partial charge in [-0.05, 0) is 49.1 Å². The van der Waals surface area contributed by atoms with Crippen molar-refractivity contribution >= 4 is 26.9 Å². The fraction of sp³-hybridized carbons (Fsp3) is 0.348. The lowest BCUT2D eigenvalue weighted by molar-refractivity contribution is -0.123. The number of fused-ring (bicyclic) bond motifs is 3. The largest absolute Gasteiger partial charge is 0.484 e. The van der Waals surface area contributed by atoms with Crippen molar-refractivity contribution in [2.24, 2.45) is 0 Å². The molecule has 31 heavy (non-hydrogen) atoms. The van der Waals surface area contributed by atoms with Crippen LogP contribution in [0.2, 0.25) is 0 Å². The van der Waals surface area contributed by atoms with Crippen LogP contribution in [0.15, 0.2) is 51.8 Å². The van der Waals surface area contributed by atoms with E-state index in [1.807, 2.05) is 12.1 Å². The molecule has 1 heterocycles. The number of amides is 1. The summed E-state index contributed by atoms with van der Waals surface area (Å²) in [6, 6.07) is 12.2. The molecule has 0 atom stereocenters. The molecule has 1 aliphatic carbocycles. The van der Waals surface area contributed by atoms with Gasteiger partial charge in [0, 0.05) is 38.0 Å². The van der Waals surface area contributed by atoms with Gasteiger partial charge in [0.2, 0.25) is 10.0 Å². The minimum Gasteiger partial charge on any atom is -0.484 e. The fourth-order valence-electron chi connectivity index (χ4n) is 3.82. The summed E-state index contributed by atoms with van der Waals surface area (Å²) < 4.78 is 37.7. The SMILES string of the molecule is CN(C)S(=O)(=O)c1ccccc1CNC(=O)COc1ccc2oc3c(c2c1)CCCC3. The molecule has 1 aliphatic rings. The number of rotatable bonds is 7. The Balaban J connectivity index is 1.40. The third-order valence-corrected chi connectivity index (χ3v) is 7.42. The molecule has 3 aromatic rings. The molecular formula is C23H26N2O5S. The zero-order valence-electron chi connectivity index (χ0n) is 17.7. The second-order valence-corrected chi connectivity index (χ2v) is 9.95. The van der Waals surface area contributed by atoms with E-state index in [1.165, 1.54) is 25.7 Å². The molecule has 0 unspecified atom stereocenters. The second-order valence-electron chi connectivity index (χ2n) is 7.83. The van der Waals surface area contributed by atoms with E-state index in [1.54, 1.807) is 24.3 Å². The van der Waals surface area contributed by atoms with Crippen molar-refractivity contribution < 1.29 is 22.4 Å². The minimum absolute atomic E-state index is 0.0969. The number of nitrogens with zero attached hydrogens (tertiary/aromatic N) is 1. The molecule has 0 saturated heterocycles. The van der Waals surface area contributed by atoms with Crippen LogP contribution >= 0.6 is 0 Å². The van der Waals surface area contributed by atoms with Crippen LogP contribution in [0.4, 0.5) is 0 Å². The van der Waals surface area contributed by atoms with E-state index in [-0.39, 0.29) is 24.0 Å². The van der Waals surface area contributed by atoms with Crippen molar-refractivity contribution in [2.75, 3.05) is 20.7 Å². The van der Waals surface area contributed by atoms with Crippen LogP contribution < -0.4 is 10.1 Å². The molecule has 1 aromatic heterocycles. The van der Waals surface area contributed by atoms with Crippen LogP contribution in [0.1, 0.15) is 29.7 Å². The van der Waals surface area contributed by atoms with E-state index < -0.39 is 10.0 Å². The number of sulfonamides is 1. The molecule has 0 radical (unpaired) electrons. The van der Waals surface area contributed by atoms with Gasteiger partial charge < -0.3 is 14.5 Å². The summed E-state index contributed by atoms with van der Waals surface area (Å²) >= 11 is 0. The smallest absolute Gasteiger partial charge is 0.258 e. The molecule has 0 spiro atoms. The monoisotopic (exact) mass is 442 g/mol. The topological polar surface area (TPSA) is 88.9 Å². The zero-order valence-corrected chi connectivity index (χ0v) is 18.5. The van der Waals surface area contributed by atoms with Crippen molar-refractivity contribution in [2.45, 2.75) is 37.1 Å². The Labute approximate surface area is 182 Å². The Bertz CT molecular complexity index is 1210. The number of carbonyl (C=O) groups is 1. The van der Waals surface area contributed by atoms with Gasteiger partial charge in [-0.25, -0.2) is 12.7 Å². The molecule has 164 valence electrons. The molecule has 1 N–H and O–H groups in total. The highest BCUT2D eigenvalue weighted by atomic mass is 32.2. The number of aryl methyl sites for hydroxylation is 2. The molecule has 2 aromatic carbocycles. The summed E-state index contributed by atoms with van der Waals surface area (Å²) in [4.78, 5) is 12.5. The maximum Gasteiger partial charge on any atom is 0.258 e. The van der Waals surface area contributed by atoms with Crippen molar-refractivity contribution in [3.8, 4) is 5.75 Å². The Kier molecular flexibility index (Phi) is 6.02. The molecule has 1 amide bonds. The van der Waals surface area contributed by atoms with E-state index in [2.05, 4.69) is 5.32 Å². The van der Waals surface area contributed by atoms with E-state index in [9.17, 15) is 13.2 Å². The third kappa shape index (κ3) is 4.45. The molecule has 0 bridgehead atoms. The van der Waals surface area contributed by atoms with Crippen LogP contribution in [-0.2, 0) is 34.2 Å². The van der Waals surface area contributed by atoms with Crippen LogP contribution in [-0.4, -0.2) is 39.3 Å². The highest BCUT2D eigenvalue weighted by Gasteiger charge is 2.21. The predicted octanol–water partition coefficient (Wildman–Crippen LogP) is 3.26. The third-order valence-electron chi connectivity index (χ3n) is 5.50. The fourth-order valence-corrected chi connectivity index (χ4v) is 4.94. The number of benzene rings is 2. The van der Waals surface area contributed by atoms with Gasteiger partial charge >= 0.3 is 0 Å². The molecule has 0 saturated carbocycles. The lowest BCUT2D eigenvalue weighted by Gasteiger charge is -2.15. The summed E-state index contributed by atoms with van der Waals surface area (Å²) in [7, 11) is -0.634. The number of hydrogen-bond donors (Lipinski definition) is 1. The summed E-state index contributed by atoms with van der Waals surface area (Å²) in [5.41, 5.74) is 2.62. The van der Waals surface area contributed by atoms with Gasteiger partial charge in [-0.3, -0.25) is 4.79 Å². The summed E-state index contributed by atoms with van der Waals surface area (Å²) in [6.45, 7) is -0.0617. The first kappa shape index (κ1) is 21.4. The Hall–Kier alpha value is -2.84. The summed E-state index contributed by atoms with van der Waals surface area (Å²) in [6.07, 6.45) is 4.27. The molecule has 0 fully saturated rings. The Morgan fingerprint density at radius 3 is 2.71 bits per heavy atom. The average Bonchev–Trinajstić information content (AvgIpc) is 3.14. The number of furan rings is 1. The van der Waals surface area contributed by atoms with Gasteiger partial charge in [-0.15, -0.1) is 0 Å². The van der Waals surface area contributed by atoms with E-state index >= 15 is 0 Å². The number of nitrogens with one attached hydrogen (secondary N) is 1. The van der Waals surface area contributed by atoms with Gasteiger partial charge in [-0.2, -0.15) is 0 Å². The number of hydrogen-bond acceptors (Lipinski definition) is 5. The first-order chi connectivity index (χ1) is 14.9. The standard InChI is InChI=1S/C23H26N2O5S/c1-25(2)31(27,28)22-10-6-3-7-16(22)14-24-23(26)15-29-17-11-12-21-19(13-17)18-8-4-5-9-20(18)30-21/h3,6-7,10-13H,4-5,8-9,14-15H2,1-2H3,(H,24,26). The van der Waals surface area contributed by atoms with Crippen LogP contribution in [0.5, 0.6) is 5.75 Å². The second kappa shape index (κ2) is 8.72. The van der Waals surface area contributed by atoms with Gasteiger partial charge in [0.05, 0.1) is 4.90 Å². The normalized spacial score (nSPS) is 13.9. The zero-order chi connectivity index (χ0) is 22.0. The molecule has 8 heteroatoms. The summed E-state index contributed by atoms with van der Waals surface area (Å²) in [5, 5.41) is 3.79. The predicted molar refractivity (Wildman–Crippen MR) is 118 cm³/mol. The minimum atomic E-state index is -3.59. The highest BCUT2D eigenvalue weighted by Crippen LogP contribution is 2.33. The lowest BCUT2D eigenvalue weighted by atomic mass is 9.96. The molecule has 7 nitrogen and oxygen atoms in total. The Morgan fingerprint density at radius 1 is 1.13 bits per heavy atom. The average molecular weight is 443 g/mol. The van der Waals surface area contributed by atoms with Gasteiger partial charge in [-0.1, -0.05) is 18.2 Å². The molecule has 0 aliphatic heterocycles. The van der Waals surface area contributed by atoms with E-state index in [4.69, 9.17) is 9.15 Å². The van der Waals surface area contributed by atoms with E-state index in [0.29, 0.717) is 11.3 Å². The van der Waals surface area contributed by atoms with Crippen LogP contribution in [0.25, 0.3) is 11.0 Å². The first-order valence-corrected chi connectivity index (χ1v) is 11.7. The number of carbonyl (C=O) groups excluding carboxylic acids is 1. The first-order valence-electron chi connectivity index (χ1n) is 10.3. The quantitative estimate of drug-likeness (QED) is 0.607. The molecular weight excluding hydrogens is 416 g/mol. The van der Waals surface area contributed by atoms with Crippen molar-refractivity contribution in [3.05, 3.63) is 59.4 Å². The lowest BCUT2D eigenvalue weighted by Crippen LogP contribution is -2.30. The van der Waals surface area contributed by atoms with Gasteiger partial charge in [0.15, 0.2) is 6.61 Å². The van der Waals surface area contributed by atoms with Crippen molar-refractivity contribution in [3.63, 3.8) is 0 Å². The molecule has 4 rings (SSSR count). The Morgan fingerprint density at radius 2 is 1.90 bits per heavy atom. The van der Waals surface area contributed by atoms with Gasteiger partial charge in [0.1, 0.15) is 17.1 Å². The highest BCUT2D eigenvalue weighted by molar-refractivity contribution is 7.89. The van der Waals surface area contributed by atoms with E-state index in [0.717, 1.165) is 46.7 Å². The maximum atomic E-state index is 12.5. The maximum absolute atomic E-state index is 12.5. The van der Waals surface area contributed by atoms with Crippen molar-refractivity contribution in [1.29, 1.82) is 0 Å². The van der Waals surface area contributed by atoms with Crippen LogP contribution in [0.3, 0.4) is 0 Å². The van der Waals surface area contributed by atoms with Crippen LogP contribution in [0, 0.1) is 0 Å². The number of ether oxygens (including phenoxy) is 1. The van der Waals surface area contributed by atoms with Crippen molar-refractivity contribution in [1.82, 2.24) is 9.62 Å². The summed E-state index contributed by atoms with van der Waals surface area (Å²) in [5.74, 6) is 1.33. The van der Waals surface area contributed by atoms with Gasteiger partial charge in [0.25, 0.3) is 5.91 Å².